The zero-order valence-electron chi connectivity index (χ0n) is 15.6. The summed E-state index contributed by atoms with van der Waals surface area (Å²) < 4.78 is 32.9. The number of amides is 1. The van der Waals surface area contributed by atoms with Crippen molar-refractivity contribution in [2.45, 2.75) is 24.3 Å². The summed E-state index contributed by atoms with van der Waals surface area (Å²) in [5.74, 6) is 0.694. The zero-order valence-corrected chi connectivity index (χ0v) is 16.4. The summed E-state index contributed by atoms with van der Waals surface area (Å²) in [6.07, 6.45) is 3.08. The molecule has 1 aromatic heterocycles. The number of aromatic nitrogens is 1. The Hall–Kier alpha value is -2.71. The van der Waals surface area contributed by atoms with Crippen LogP contribution in [0.1, 0.15) is 13.3 Å². The number of ether oxygens (including phenoxy) is 1. The summed E-state index contributed by atoms with van der Waals surface area (Å²) in [6, 6.07) is 12.1. The molecule has 7 nitrogen and oxygen atoms in total. The number of nitrogens with zero attached hydrogens (tertiary/aromatic N) is 2. The highest BCUT2D eigenvalue weighted by molar-refractivity contribution is 7.89. The maximum atomic E-state index is 12.9. The van der Waals surface area contributed by atoms with E-state index in [2.05, 4.69) is 16.9 Å². The minimum Gasteiger partial charge on any atom is -0.439 e. The van der Waals surface area contributed by atoms with Crippen molar-refractivity contribution in [3.63, 3.8) is 0 Å². The van der Waals surface area contributed by atoms with Crippen molar-refractivity contribution >= 4 is 15.9 Å². The van der Waals surface area contributed by atoms with Gasteiger partial charge in [0.25, 0.3) is 0 Å². The first-order valence-electron chi connectivity index (χ1n) is 9.02. The van der Waals surface area contributed by atoms with Gasteiger partial charge in [0.05, 0.1) is 6.20 Å². The summed E-state index contributed by atoms with van der Waals surface area (Å²) in [4.78, 5) is 15.7. The predicted octanol–water partition coefficient (Wildman–Crippen LogP) is 2.58. The molecule has 148 valence electrons. The van der Waals surface area contributed by atoms with Crippen LogP contribution in [-0.4, -0.2) is 42.7 Å². The van der Waals surface area contributed by atoms with Gasteiger partial charge in [-0.2, -0.15) is 4.31 Å². The highest BCUT2D eigenvalue weighted by atomic mass is 32.2. The molecule has 2 atom stereocenters. The van der Waals surface area contributed by atoms with E-state index in [1.807, 2.05) is 25.1 Å². The minimum absolute atomic E-state index is 0.0129. The fourth-order valence-corrected chi connectivity index (χ4v) is 4.62. The number of pyridine rings is 1. The Bertz CT molecular complexity index is 930. The van der Waals surface area contributed by atoms with Crippen LogP contribution in [0.2, 0.25) is 0 Å². The SMILES string of the molecule is C=CC(=O)NC1CCN(S(=O)(=O)c2ccc(Oc3ccccc3)nc2)CC1C. The molecule has 1 aromatic carbocycles. The number of carbonyl (C=O) groups is 1. The smallest absolute Gasteiger partial charge is 0.244 e. The van der Waals surface area contributed by atoms with Gasteiger partial charge < -0.3 is 10.1 Å². The van der Waals surface area contributed by atoms with Gasteiger partial charge in [-0.25, -0.2) is 13.4 Å². The molecule has 28 heavy (non-hydrogen) atoms. The van der Waals surface area contributed by atoms with E-state index in [1.165, 1.54) is 22.6 Å². The maximum absolute atomic E-state index is 12.9. The molecule has 0 spiro atoms. The molecule has 2 heterocycles. The lowest BCUT2D eigenvalue weighted by molar-refractivity contribution is -0.117. The molecule has 1 amide bonds. The van der Waals surface area contributed by atoms with E-state index < -0.39 is 10.0 Å². The molecule has 2 aromatic rings. The van der Waals surface area contributed by atoms with Crippen LogP contribution in [0, 0.1) is 5.92 Å². The van der Waals surface area contributed by atoms with Gasteiger partial charge in [0.2, 0.25) is 21.8 Å². The Kier molecular flexibility index (Phi) is 6.11. The van der Waals surface area contributed by atoms with Crippen molar-refractivity contribution in [3.8, 4) is 11.6 Å². The van der Waals surface area contributed by atoms with Crippen LogP contribution in [0.25, 0.3) is 0 Å². The van der Waals surface area contributed by atoms with Gasteiger partial charge in [-0.05, 0) is 36.6 Å². The topological polar surface area (TPSA) is 88.6 Å². The number of hydrogen-bond donors (Lipinski definition) is 1. The molecule has 1 saturated heterocycles. The first-order chi connectivity index (χ1) is 13.4. The van der Waals surface area contributed by atoms with E-state index >= 15 is 0 Å². The van der Waals surface area contributed by atoms with E-state index in [1.54, 1.807) is 18.2 Å². The molecule has 0 saturated carbocycles. The highest BCUT2D eigenvalue weighted by Crippen LogP contribution is 2.25. The molecule has 0 aliphatic carbocycles. The second-order valence-corrected chi connectivity index (χ2v) is 8.63. The molecular weight excluding hydrogens is 378 g/mol. The third-order valence-electron chi connectivity index (χ3n) is 4.69. The summed E-state index contributed by atoms with van der Waals surface area (Å²) in [6.45, 7) is 6.02. The van der Waals surface area contributed by atoms with Crippen LogP contribution in [0.4, 0.5) is 0 Å². The monoisotopic (exact) mass is 401 g/mol. The first-order valence-corrected chi connectivity index (χ1v) is 10.5. The van der Waals surface area contributed by atoms with E-state index in [4.69, 9.17) is 4.74 Å². The van der Waals surface area contributed by atoms with Gasteiger partial charge in [-0.3, -0.25) is 4.79 Å². The van der Waals surface area contributed by atoms with Gasteiger partial charge in [0.1, 0.15) is 10.6 Å². The summed E-state index contributed by atoms with van der Waals surface area (Å²) in [5, 5.41) is 2.85. The lowest BCUT2D eigenvalue weighted by Crippen LogP contribution is -2.51. The van der Waals surface area contributed by atoms with Gasteiger partial charge in [-0.15, -0.1) is 0 Å². The van der Waals surface area contributed by atoms with E-state index in [9.17, 15) is 13.2 Å². The standard InChI is InChI=1S/C20H23N3O4S/c1-3-19(24)22-18-11-12-23(14-15(18)2)28(25,26)17-9-10-20(21-13-17)27-16-7-5-4-6-8-16/h3-10,13,15,18H,1,11-12,14H2,2H3,(H,22,24). The Morgan fingerprint density at radius 3 is 2.64 bits per heavy atom. The maximum Gasteiger partial charge on any atom is 0.244 e. The number of rotatable bonds is 6. The van der Waals surface area contributed by atoms with E-state index in [-0.39, 0.29) is 22.8 Å². The van der Waals surface area contributed by atoms with Crippen LogP contribution in [0.3, 0.4) is 0 Å². The number of nitrogens with one attached hydrogen (secondary N) is 1. The van der Waals surface area contributed by atoms with Crippen molar-refractivity contribution in [3.05, 3.63) is 61.3 Å². The molecule has 1 N–H and O–H groups in total. The highest BCUT2D eigenvalue weighted by Gasteiger charge is 2.34. The predicted molar refractivity (Wildman–Crippen MR) is 105 cm³/mol. The molecule has 1 aliphatic rings. The second-order valence-electron chi connectivity index (χ2n) is 6.70. The Morgan fingerprint density at radius 1 is 1.29 bits per heavy atom. The number of benzene rings is 1. The van der Waals surface area contributed by atoms with Gasteiger partial charge in [0, 0.05) is 25.2 Å². The van der Waals surface area contributed by atoms with E-state index in [0.29, 0.717) is 31.1 Å². The summed E-state index contributed by atoms with van der Waals surface area (Å²) in [5.41, 5.74) is 0. The van der Waals surface area contributed by atoms with Gasteiger partial charge in [0.15, 0.2) is 0 Å². The van der Waals surface area contributed by atoms with Gasteiger partial charge in [-0.1, -0.05) is 31.7 Å². The van der Waals surface area contributed by atoms with Crippen molar-refractivity contribution in [1.82, 2.24) is 14.6 Å². The second kappa shape index (κ2) is 8.53. The minimum atomic E-state index is -3.66. The van der Waals surface area contributed by atoms with Crippen molar-refractivity contribution in [1.29, 1.82) is 0 Å². The average molecular weight is 401 g/mol. The van der Waals surface area contributed by atoms with Crippen LogP contribution in [-0.2, 0) is 14.8 Å². The molecule has 2 unspecified atom stereocenters. The molecule has 3 rings (SSSR count). The molecule has 8 heteroatoms. The summed E-state index contributed by atoms with van der Waals surface area (Å²) in [7, 11) is -3.66. The van der Waals surface area contributed by atoms with Crippen molar-refractivity contribution in [2.75, 3.05) is 13.1 Å². The third kappa shape index (κ3) is 4.58. The molecule has 0 radical (unpaired) electrons. The Morgan fingerprint density at radius 2 is 2.04 bits per heavy atom. The van der Waals surface area contributed by atoms with Crippen LogP contribution >= 0.6 is 0 Å². The average Bonchev–Trinajstić information content (AvgIpc) is 2.70. The number of sulfonamides is 1. The Labute approximate surface area is 165 Å². The third-order valence-corrected chi connectivity index (χ3v) is 6.54. The number of piperidine rings is 1. The molecule has 0 bridgehead atoms. The first kappa shape index (κ1) is 20.0. The summed E-state index contributed by atoms with van der Waals surface area (Å²) >= 11 is 0. The lowest BCUT2D eigenvalue weighted by Gasteiger charge is -2.36. The fourth-order valence-electron chi connectivity index (χ4n) is 3.12. The Balaban J connectivity index is 1.67. The van der Waals surface area contributed by atoms with Crippen molar-refractivity contribution < 1.29 is 17.9 Å². The normalized spacial score (nSPS) is 20.3. The van der Waals surface area contributed by atoms with Crippen molar-refractivity contribution in [2.24, 2.45) is 5.92 Å². The van der Waals surface area contributed by atoms with Gasteiger partial charge >= 0.3 is 0 Å². The molecular formula is C20H23N3O4S. The number of carbonyl (C=O) groups excluding carboxylic acids is 1. The quantitative estimate of drug-likeness (QED) is 0.752. The molecule has 1 fully saturated rings. The van der Waals surface area contributed by atoms with Crippen LogP contribution < -0.4 is 10.1 Å². The molecule has 1 aliphatic heterocycles. The van der Waals surface area contributed by atoms with Crippen LogP contribution in [0.15, 0.2) is 66.2 Å². The largest absolute Gasteiger partial charge is 0.439 e. The lowest BCUT2D eigenvalue weighted by atomic mass is 9.95. The zero-order chi connectivity index (χ0) is 20.1. The van der Waals surface area contributed by atoms with Crippen LogP contribution in [0.5, 0.6) is 11.6 Å². The van der Waals surface area contributed by atoms with E-state index in [0.717, 1.165) is 0 Å². The number of hydrogen-bond acceptors (Lipinski definition) is 5. The fraction of sp³-hybridized carbons (Fsp3) is 0.300. The number of para-hydroxylation sites is 1.